The van der Waals surface area contributed by atoms with Crippen molar-refractivity contribution < 1.29 is 28.8 Å². The van der Waals surface area contributed by atoms with Gasteiger partial charge < -0.3 is 19.4 Å². The molecule has 0 saturated carbocycles. The molecule has 0 aliphatic heterocycles. The molecule has 0 rings (SSSR count). The fourth-order valence-corrected chi connectivity index (χ4v) is 0.661. The minimum Gasteiger partial charge on any atom is -0.489 e. The summed E-state index contributed by atoms with van der Waals surface area (Å²) in [5.74, 6) is -0.308. The zero-order valence-corrected chi connectivity index (χ0v) is 10.4. The monoisotopic (exact) mass is 236 g/mol. The smallest absolute Gasteiger partial charge is 0.466 e. The van der Waals surface area contributed by atoms with E-state index in [-0.39, 0.29) is 30.6 Å². The van der Waals surface area contributed by atoms with E-state index in [1.807, 2.05) is 6.92 Å². The Hall–Kier alpha value is 0.0862. The zero-order valence-electron chi connectivity index (χ0n) is 8.08. The predicted octanol–water partition coefficient (Wildman–Crippen LogP) is -0.115. The van der Waals surface area contributed by atoms with Crippen LogP contribution in [0.4, 0.5) is 0 Å². The Morgan fingerprint density at radius 1 is 1.57 bits per heavy atom. The summed E-state index contributed by atoms with van der Waals surface area (Å²) in [4.78, 5) is 32.0. The molecule has 3 N–H and O–H groups in total. The van der Waals surface area contributed by atoms with Gasteiger partial charge in [0, 0.05) is 6.08 Å². The highest BCUT2D eigenvalue weighted by Crippen LogP contribution is 2.25. The maximum atomic E-state index is 10.5. The van der Waals surface area contributed by atoms with Gasteiger partial charge in [-0.1, -0.05) is 13.5 Å². The molecule has 80 valence electrons. The summed E-state index contributed by atoms with van der Waals surface area (Å²) in [6.07, 6.45) is 1.19. The lowest BCUT2D eigenvalue weighted by Crippen LogP contribution is -2.17. The molecule has 0 aliphatic rings. The molecule has 1 atom stereocenters. The first-order chi connectivity index (χ1) is 6.20. The molecular weight excluding hydrogens is 223 g/mol. The molecule has 0 aromatic carbocycles. The summed E-state index contributed by atoms with van der Waals surface area (Å²) in [6, 6.07) is 0. The van der Waals surface area contributed by atoms with Crippen LogP contribution in [0.3, 0.4) is 0 Å². The van der Waals surface area contributed by atoms with Gasteiger partial charge in [-0.2, -0.15) is 5.05 Å². The number of carbonyl (C=O) groups is 1. The minimum atomic E-state index is -4.64. The third kappa shape index (κ3) is 22.7. The van der Waals surface area contributed by atoms with Crippen LogP contribution in [0.15, 0.2) is 12.7 Å². The Morgan fingerprint density at radius 2 is 1.93 bits per heavy atom. The number of ether oxygens (including phenoxy) is 1. The molecule has 1 unspecified atom stereocenters. The molecule has 0 aliphatic carbocycles. The molecule has 0 bridgehead atoms. The predicted molar refractivity (Wildman–Crippen MR) is 51.6 cm³/mol. The Morgan fingerprint density at radius 3 is 2.14 bits per heavy atom. The second-order valence-corrected chi connectivity index (χ2v) is 5.37. The first-order valence-corrected chi connectivity index (χ1v) is 7.61. The molecule has 0 fully saturated rings. The summed E-state index contributed by atoms with van der Waals surface area (Å²) in [7, 11) is -4.64. The standard InChI is InChI=1S/C5H7O2.CH3.Mg.H3O4P/c1-3-5(6)7-4-2;;;1-5(2,3)4/h3-4H,1H2,2H3;1H3;;(H3,1,2,3,4). The molecule has 14 heavy (non-hydrogen) atoms. The van der Waals surface area contributed by atoms with Crippen molar-refractivity contribution in [2.75, 3.05) is 0 Å². The van der Waals surface area contributed by atoms with E-state index >= 15 is 0 Å². The number of phosphoric acid groups is 1. The molecular formula is C6H13MgO6P. The SMILES string of the molecule is C=CC(=O)O[CH](C)[Mg][CH3].O=P(O)(O)O. The molecule has 8 heteroatoms. The van der Waals surface area contributed by atoms with Crippen LogP contribution < -0.4 is 0 Å². The largest absolute Gasteiger partial charge is 0.489 e. The number of rotatable bonds is 3. The Balaban J connectivity index is 0. The van der Waals surface area contributed by atoms with Crippen LogP contribution in [-0.2, 0) is 14.1 Å². The highest BCUT2D eigenvalue weighted by atomic mass is 31.2. The first-order valence-electron chi connectivity index (χ1n) is 3.82. The number of hydrogen-bond donors (Lipinski definition) is 3. The molecule has 0 heterocycles. The van der Waals surface area contributed by atoms with E-state index in [1.165, 1.54) is 6.08 Å². The molecule has 0 spiro atoms. The van der Waals surface area contributed by atoms with Gasteiger partial charge in [-0.15, -0.1) is 0 Å². The Bertz CT molecular complexity index is 216. The highest BCUT2D eigenvalue weighted by Gasteiger charge is 2.04. The van der Waals surface area contributed by atoms with Gasteiger partial charge >= 0.3 is 34.2 Å². The molecule has 0 aromatic heterocycles. The van der Waals surface area contributed by atoms with Crippen molar-refractivity contribution in [3.63, 3.8) is 0 Å². The lowest BCUT2D eigenvalue weighted by atomic mass is 10.6. The fourth-order valence-electron chi connectivity index (χ4n) is 0.330. The van der Waals surface area contributed by atoms with Crippen molar-refractivity contribution in [3.8, 4) is 0 Å². The fraction of sp³-hybridized carbons (Fsp3) is 0.500. The van der Waals surface area contributed by atoms with E-state index < -0.39 is 7.82 Å². The average Bonchev–Trinajstić information content (AvgIpc) is 2.01. The van der Waals surface area contributed by atoms with Crippen LogP contribution in [0.1, 0.15) is 6.92 Å². The van der Waals surface area contributed by atoms with Crippen LogP contribution in [0.2, 0.25) is 5.05 Å². The number of hydrogen-bond acceptors (Lipinski definition) is 3. The van der Waals surface area contributed by atoms with E-state index in [0.29, 0.717) is 0 Å². The van der Waals surface area contributed by atoms with E-state index in [2.05, 4.69) is 11.6 Å². The topological polar surface area (TPSA) is 104 Å². The second-order valence-electron chi connectivity index (χ2n) is 2.37. The third-order valence-corrected chi connectivity index (χ3v) is 2.38. The molecule has 6 nitrogen and oxygen atoms in total. The van der Waals surface area contributed by atoms with Gasteiger partial charge in [-0.05, 0) is 4.23 Å². The normalized spacial score (nSPS) is 11.5. The van der Waals surface area contributed by atoms with Crippen molar-refractivity contribution in [2.45, 2.75) is 16.2 Å². The highest BCUT2D eigenvalue weighted by molar-refractivity contribution is 7.45. The van der Waals surface area contributed by atoms with E-state index in [1.54, 1.807) is 0 Å². The Kier molecular flexibility index (Phi) is 9.91. The lowest BCUT2D eigenvalue weighted by Gasteiger charge is -2.07. The molecule has 0 aromatic rings. The van der Waals surface area contributed by atoms with Crippen molar-refractivity contribution in [3.05, 3.63) is 12.7 Å². The maximum absolute atomic E-state index is 10.5. The summed E-state index contributed by atoms with van der Waals surface area (Å²) in [5.41, 5.74) is 0. The van der Waals surface area contributed by atoms with Crippen LogP contribution in [0, 0.1) is 0 Å². The molecule has 0 radical (unpaired) electrons. The van der Waals surface area contributed by atoms with Crippen LogP contribution in [0.25, 0.3) is 0 Å². The first kappa shape index (κ1) is 16.5. The maximum Gasteiger partial charge on any atom is 0.466 e. The van der Waals surface area contributed by atoms with Crippen molar-refractivity contribution in [2.24, 2.45) is 0 Å². The Labute approximate surface area is 91.9 Å². The zero-order chi connectivity index (χ0) is 11.8. The average molecular weight is 236 g/mol. The summed E-state index contributed by atoms with van der Waals surface area (Å²) in [5, 5.41) is 2.10. The van der Waals surface area contributed by atoms with E-state index in [0.717, 1.165) is 0 Å². The van der Waals surface area contributed by atoms with Gasteiger partial charge in [0.15, 0.2) is 0 Å². The lowest BCUT2D eigenvalue weighted by molar-refractivity contribution is -0.138. The van der Waals surface area contributed by atoms with Crippen molar-refractivity contribution in [1.82, 2.24) is 0 Å². The molecule has 0 saturated heterocycles. The van der Waals surface area contributed by atoms with Crippen LogP contribution in [-0.4, -0.2) is 45.2 Å². The summed E-state index contributed by atoms with van der Waals surface area (Å²) >= 11 is -0.205. The second kappa shape index (κ2) is 8.40. The van der Waals surface area contributed by atoms with Gasteiger partial charge in [0.25, 0.3) is 0 Å². The summed E-state index contributed by atoms with van der Waals surface area (Å²) < 4.78 is 13.9. The van der Waals surface area contributed by atoms with Crippen molar-refractivity contribution >= 4 is 34.2 Å². The van der Waals surface area contributed by atoms with Gasteiger partial charge in [0.1, 0.15) is 0 Å². The quantitative estimate of drug-likeness (QED) is 0.273. The number of carbonyl (C=O) groups excluding carboxylic acids is 1. The van der Waals surface area contributed by atoms with Gasteiger partial charge in [0.05, 0.1) is 0 Å². The number of esters is 1. The van der Waals surface area contributed by atoms with Gasteiger partial charge in [0.2, 0.25) is 0 Å². The van der Waals surface area contributed by atoms with Crippen LogP contribution in [0.5, 0.6) is 0 Å². The third-order valence-electron chi connectivity index (χ3n) is 1.06. The van der Waals surface area contributed by atoms with Gasteiger partial charge in [-0.3, -0.25) is 0 Å². The molecule has 0 amide bonds. The van der Waals surface area contributed by atoms with E-state index in [9.17, 15) is 4.79 Å². The summed E-state index contributed by atoms with van der Waals surface area (Å²) in [6.45, 7) is 5.20. The van der Waals surface area contributed by atoms with Gasteiger partial charge in [-0.25, -0.2) is 9.36 Å². The van der Waals surface area contributed by atoms with Crippen LogP contribution >= 0.6 is 7.82 Å². The minimum absolute atomic E-state index is 0.149. The van der Waals surface area contributed by atoms with E-state index in [4.69, 9.17) is 24.0 Å². The van der Waals surface area contributed by atoms with Crippen molar-refractivity contribution in [1.29, 1.82) is 0 Å².